The van der Waals surface area contributed by atoms with Gasteiger partial charge in [0.25, 0.3) is 0 Å². The molecule has 0 aliphatic rings. The van der Waals surface area contributed by atoms with Gasteiger partial charge in [-0.05, 0) is 0 Å². The molecule has 0 radical (unpaired) electrons. The average molecular weight is 348 g/mol. The summed E-state index contributed by atoms with van der Waals surface area (Å²) in [5.41, 5.74) is 1.42. The predicted molar refractivity (Wildman–Crippen MR) is 102 cm³/mol. The first-order valence-electron chi connectivity index (χ1n) is 8.73. The van der Waals surface area contributed by atoms with E-state index in [-0.39, 0.29) is 12.1 Å². The minimum atomic E-state index is -4.76. The van der Waals surface area contributed by atoms with Crippen LogP contribution in [0.2, 0.25) is 0 Å². The van der Waals surface area contributed by atoms with E-state index in [0.717, 1.165) is 24.0 Å². The van der Waals surface area contributed by atoms with Gasteiger partial charge in [-0.1, -0.05) is 0 Å². The Balaban J connectivity index is 2.57. The molecule has 0 amide bonds. The first kappa shape index (κ1) is 19.1. The van der Waals surface area contributed by atoms with Gasteiger partial charge in [0.1, 0.15) is 0 Å². The van der Waals surface area contributed by atoms with Crippen molar-refractivity contribution >= 4 is 7.28 Å². The molecule has 1 unspecified atom stereocenters. The second-order valence-electron chi connectivity index (χ2n) is 6.55. The Kier molecular flexibility index (Phi) is 6.17. The normalized spacial score (nSPS) is 15.0. The fraction of sp³-hybridized carbons (Fsp3) is 0.400. The van der Waals surface area contributed by atoms with Crippen LogP contribution in [0, 0.1) is 0 Å². The van der Waals surface area contributed by atoms with Crippen LogP contribution in [0.4, 0.5) is 0 Å². The second-order valence-corrected chi connectivity index (χ2v) is 10.3. The molecule has 3 N–H and O–H groups in total. The van der Waals surface area contributed by atoms with Gasteiger partial charge in [0.2, 0.25) is 0 Å². The Labute approximate surface area is 145 Å². The molecule has 0 aromatic heterocycles. The fourth-order valence-electron chi connectivity index (χ4n) is 3.34. The summed E-state index contributed by atoms with van der Waals surface area (Å²) in [5, 5.41) is 0. The Bertz CT molecular complexity index is 580. The van der Waals surface area contributed by atoms with E-state index in [1.54, 1.807) is 6.92 Å². The average Bonchev–Trinajstić information content (AvgIpc) is 2.59. The molecule has 0 fully saturated rings. The molecule has 0 aliphatic heterocycles. The Hall–Kier alpha value is -1.25. The van der Waals surface area contributed by atoms with E-state index in [2.05, 4.69) is 6.92 Å². The Morgan fingerprint density at radius 1 is 0.792 bits per heavy atom. The van der Waals surface area contributed by atoms with E-state index < -0.39 is 12.9 Å². The molecule has 0 aliphatic carbocycles. The third-order valence-corrected chi connectivity index (χ3v) is 7.97. The molecule has 0 saturated carbocycles. The predicted octanol–water partition coefficient (Wildman–Crippen LogP) is 4.67. The molecule has 0 heterocycles. The van der Waals surface area contributed by atoms with Gasteiger partial charge in [0, 0.05) is 0 Å². The van der Waals surface area contributed by atoms with Crippen LogP contribution in [0.5, 0.6) is 0 Å². The first-order valence-corrected chi connectivity index (χ1v) is 11.1. The van der Waals surface area contributed by atoms with Gasteiger partial charge in [-0.15, -0.1) is 0 Å². The van der Waals surface area contributed by atoms with E-state index in [4.69, 9.17) is 0 Å². The van der Waals surface area contributed by atoms with Crippen molar-refractivity contribution in [1.82, 2.24) is 0 Å². The summed E-state index contributed by atoms with van der Waals surface area (Å²) in [6, 6.07) is 19.7. The summed E-state index contributed by atoms with van der Waals surface area (Å²) in [4.78, 5) is 32.4. The second kappa shape index (κ2) is 7.76. The van der Waals surface area contributed by atoms with Crippen LogP contribution in [-0.4, -0.2) is 26.5 Å². The molecule has 0 saturated heterocycles. The summed E-state index contributed by atoms with van der Waals surface area (Å²) >= 11 is 0. The molecule has 2 rings (SSSR count). The van der Waals surface area contributed by atoms with Crippen LogP contribution < -0.4 is 0 Å². The zero-order valence-electron chi connectivity index (χ0n) is 14.5. The monoisotopic (exact) mass is 348 g/mol. The molecule has 4 heteroatoms. The van der Waals surface area contributed by atoms with Crippen molar-refractivity contribution in [2.24, 2.45) is 0 Å². The van der Waals surface area contributed by atoms with Crippen molar-refractivity contribution < 1.29 is 14.7 Å². The van der Waals surface area contributed by atoms with E-state index in [9.17, 15) is 14.7 Å². The molecular formula is C20H29O3P. The maximum atomic E-state index is 10.8. The number of unbranched alkanes of at least 4 members (excludes halogenated alkanes) is 1. The number of benzene rings is 2. The minimum absolute atomic E-state index is 0.0177. The molecule has 3 nitrogen and oxygen atoms in total. The van der Waals surface area contributed by atoms with E-state index in [0.29, 0.717) is 6.42 Å². The van der Waals surface area contributed by atoms with Crippen molar-refractivity contribution in [2.45, 2.75) is 44.7 Å². The van der Waals surface area contributed by atoms with Crippen molar-refractivity contribution in [1.29, 1.82) is 0 Å². The summed E-state index contributed by atoms with van der Waals surface area (Å²) in [7, 11) is -4.76. The van der Waals surface area contributed by atoms with Crippen molar-refractivity contribution in [2.75, 3.05) is 6.16 Å². The zero-order chi connectivity index (χ0) is 17.7. The molecule has 1 atom stereocenters. The summed E-state index contributed by atoms with van der Waals surface area (Å²) in [6.45, 7) is 3.73. The van der Waals surface area contributed by atoms with Crippen LogP contribution in [0.25, 0.3) is 0 Å². The fourth-order valence-corrected chi connectivity index (χ4v) is 5.48. The first-order chi connectivity index (χ1) is 11.4. The quantitative estimate of drug-likeness (QED) is 0.608. The summed E-state index contributed by atoms with van der Waals surface area (Å²) in [5.74, 6) is -0.239. The van der Waals surface area contributed by atoms with Gasteiger partial charge in [-0.25, -0.2) is 0 Å². The molecular weight excluding hydrogens is 319 g/mol. The Morgan fingerprint density at radius 3 is 1.62 bits per heavy atom. The topological polar surface area (TPSA) is 60.7 Å². The molecule has 2 aromatic carbocycles. The van der Waals surface area contributed by atoms with E-state index in [1.807, 2.05) is 60.7 Å². The molecule has 0 bridgehead atoms. The van der Waals surface area contributed by atoms with Gasteiger partial charge in [0.15, 0.2) is 0 Å². The maximum absolute atomic E-state index is 10.8. The van der Waals surface area contributed by atoms with Crippen LogP contribution >= 0.6 is 7.28 Å². The van der Waals surface area contributed by atoms with Crippen molar-refractivity contribution in [3.8, 4) is 0 Å². The summed E-state index contributed by atoms with van der Waals surface area (Å²) < 4.78 is 0. The molecule has 132 valence electrons. The molecule has 2 aromatic rings. The van der Waals surface area contributed by atoms with Gasteiger partial charge >= 0.3 is 145 Å². The van der Waals surface area contributed by atoms with Crippen molar-refractivity contribution in [3.05, 3.63) is 71.8 Å². The standard InChI is InChI=1S/C20H29O3P/c1-3-5-16-19(24(21,22,23)4-2)20(17-12-8-6-9-13-17)18-14-10-7-11-15-18/h6-15,19-23H,3-5,16H2,1-2H3. The van der Waals surface area contributed by atoms with Crippen LogP contribution in [0.1, 0.15) is 50.2 Å². The van der Waals surface area contributed by atoms with Crippen LogP contribution in [0.15, 0.2) is 60.7 Å². The van der Waals surface area contributed by atoms with E-state index in [1.165, 1.54) is 0 Å². The van der Waals surface area contributed by atoms with Crippen molar-refractivity contribution in [3.63, 3.8) is 0 Å². The SMILES string of the molecule is CCCCC(C(c1ccccc1)c1ccccc1)P(O)(O)(O)CC. The van der Waals surface area contributed by atoms with Gasteiger partial charge in [0.05, 0.1) is 0 Å². The van der Waals surface area contributed by atoms with E-state index >= 15 is 0 Å². The van der Waals surface area contributed by atoms with Gasteiger partial charge < -0.3 is 0 Å². The van der Waals surface area contributed by atoms with Gasteiger partial charge in [-0.2, -0.15) is 0 Å². The van der Waals surface area contributed by atoms with Crippen LogP contribution in [0.3, 0.4) is 0 Å². The molecule has 24 heavy (non-hydrogen) atoms. The zero-order valence-corrected chi connectivity index (χ0v) is 15.4. The van der Waals surface area contributed by atoms with Crippen LogP contribution in [-0.2, 0) is 0 Å². The summed E-state index contributed by atoms with van der Waals surface area (Å²) in [6.07, 6.45) is 2.36. The number of hydrogen-bond acceptors (Lipinski definition) is 3. The third-order valence-electron chi connectivity index (χ3n) is 4.84. The third kappa shape index (κ3) is 4.43. The number of rotatable bonds is 8. The molecule has 0 spiro atoms. The Morgan fingerprint density at radius 2 is 1.25 bits per heavy atom. The number of hydrogen-bond donors (Lipinski definition) is 3. The van der Waals surface area contributed by atoms with Gasteiger partial charge in [-0.3, -0.25) is 0 Å².